The second-order valence-corrected chi connectivity index (χ2v) is 28.6. The molecule has 4 aliphatic carbocycles. The smallest absolute Gasteiger partial charge is 0.331 e. The van der Waals surface area contributed by atoms with E-state index in [1.807, 2.05) is 43.3 Å². The molecule has 0 radical (unpaired) electrons. The van der Waals surface area contributed by atoms with E-state index in [2.05, 4.69) is 0 Å². The highest BCUT2D eigenvalue weighted by molar-refractivity contribution is 5.87. The topological polar surface area (TPSA) is 355 Å². The first-order valence-electron chi connectivity index (χ1n) is 33.8. The van der Waals surface area contributed by atoms with Gasteiger partial charge in [0.15, 0.2) is 37.7 Å². The van der Waals surface area contributed by atoms with Gasteiger partial charge in [0.25, 0.3) is 0 Å². The third-order valence-corrected chi connectivity index (χ3v) is 22.9. The summed E-state index contributed by atoms with van der Waals surface area (Å²) in [4.78, 5) is 26.9. The Bertz CT molecular complexity index is 2740. The molecule has 530 valence electrons. The molecule has 9 fully saturated rings. The van der Waals surface area contributed by atoms with E-state index >= 15 is 0 Å². The van der Waals surface area contributed by atoms with Crippen LogP contribution >= 0.6 is 0 Å². The third-order valence-electron chi connectivity index (χ3n) is 22.9. The van der Waals surface area contributed by atoms with E-state index in [0.717, 1.165) is 11.1 Å². The van der Waals surface area contributed by atoms with Gasteiger partial charge in [0, 0.05) is 69.7 Å². The van der Waals surface area contributed by atoms with Gasteiger partial charge in [-0.3, -0.25) is 4.79 Å². The van der Waals surface area contributed by atoms with Gasteiger partial charge < -0.3 is 117 Å². The largest absolute Gasteiger partial charge is 0.458 e. The molecule has 6 saturated heterocycles. The summed E-state index contributed by atoms with van der Waals surface area (Å²) < 4.78 is 93.1. The second-order valence-electron chi connectivity index (χ2n) is 28.6. The number of rotatable bonds is 19. The van der Waals surface area contributed by atoms with Gasteiger partial charge in [-0.1, -0.05) is 55.8 Å². The average molecular weight is 1340 g/mol. The number of ketones is 1. The highest BCUT2D eigenvalue weighted by Crippen LogP contribution is 2.70. The Hall–Kier alpha value is -3.08. The van der Waals surface area contributed by atoms with Crippen LogP contribution in [0.3, 0.4) is 0 Å². The van der Waals surface area contributed by atoms with Crippen LogP contribution in [0.25, 0.3) is 6.08 Å². The number of hydrogen-bond donors (Lipinski definition) is 9. The van der Waals surface area contributed by atoms with Gasteiger partial charge in [-0.15, -0.1) is 0 Å². The zero-order valence-electron chi connectivity index (χ0n) is 55.5. The van der Waals surface area contributed by atoms with Gasteiger partial charge in [-0.25, -0.2) is 4.79 Å². The second kappa shape index (κ2) is 29.2. The molecule has 6 aliphatic heterocycles. The average Bonchev–Trinajstić information content (AvgIpc) is 1.34. The van der Waals surface area contributed by atoms with E-state index < -0.39 is 212 Å². The lowest BCUT2D eigenvalue weighted by Crippen LogP contribution is -2.75. The Kier molecular flexibility index (Phi) is 22.5. The zero-order chi connectivity index (χ0) is 67.5. The molecule has 1 aromatic carbocycles. The molecule has 0 spiro atoms. The maximum absolute atomic E-state index is 13.6. The molecule has 26 heteroatoms. The van der Waals surface area contributed by atoms with Crippen molar-refractivity contribution in [2.24, 2.45) is 22.7 Å². The maximum atomic E-state index is 13.6. The Labute approximate surface area is 549 Å². The number of aliphatic hydroxyl groups is 9. The summed E-state index contributed by atoms with van der Waals surface area (Å²) in [5.74, 6) is -2.01. The summed E-state index contributed by atoms with van der Waals surface area (Å²) in [5.41, 5.74) is -3.69. The van der Waals surface area contributed by atoms with Crippen molar-refractivity contribution in [2.75, 3.05) is 20.8 Å². The van der Waals surface area contributed by atoms with Crippen molar-refractivity contribution in [1.29, 1.82) is 0 Å². The van der Waals surface area contributed by atoms with Crippen LogP contribution in [0, 0.1) is 22.7 Å². The van der Waals surface area contributed by atoms with Crippen molar-refractivity contribution in [1.82, 2.24) is 0 Å². The molecule has 0 aromatic heterocycles. The molecule has 33 atom stereocenters. The van der Waals surface area contributed by atoms with Crippen LogP contribution in [-0.4, -0.2) is 256 Å². The Morgan fingerprint density at radius 1 is 0.596 bits per heavy atom. The van der Waals surface area contributed by atoms with Gasteiger partial charge in [0.1, 0.15) is 78.0 Å². The van der Waals surface area contributed by atoms with Crippen LogP contribution < -0.4 is 0 Å². The SMILES string of the molecule is CO[C@H]1C[C@H](O[C@H]2[C@H](O)C[C@H](O[C@H]3[C@@H](O)C[C@H](O[C@H]4[C@@H](OC)C[C@H](O[C@H]5[C@H](O)[C@@H](O)[C@H](O[C@H]6CC[C@@]7(C)C(=CC[C@]8(O)[C@@H]7C[C@@H](OC(=O)/C=C/c7ccccc7)[C@]7(C)[C@H](C(C)=O)CC[C@@]78O)C6)O[C@@H]5CO)O[C@@H]4C)O[C@@H]3C)O[C@@H]2C)O[C@H](C)[C@H]1O[C@H]1C[C@H](O)[C@H](O)[C@@H](C)O1. The predicted octanol–water partition coefficient (Wildman–Crippen LogP) is 2.52. The van der Waals surface area contributed by atoms with Crippen molar-refractivity contribution in [3.8, 4) is 0 Å². The minimum absolute atomic E-state index is 0.00443. The lowest BCUT2D eigenvalue weighted by atomic mass is 9.43. The molecular weight excluding hydrogens is 1230 g/mol. The van der Waals surface area contributed by atoms with E-state index in [1.165, 1.54) is 20.1 Å². The zero-order valence-corrected chi connectivity index (χ0v) is 55.5. The quantitative estimate of drug-likeness (QED) is 0.0546. The van der Waals surface area contributed by atoms with Gasteiger partial charge in [-0.2, -0.15) is 0 Å². The summed E-state index contributed by atoms with van der Waals surface area (Å²) in [6, 6.07) is 9.30. The molecule has 0 amide bonds. The van der Waals surface area contributed by atoms with Crippen molar-refractivity contribution in [3.63, 3.8) is 0 Å². The number of fused-ring (bicyclic) bond motifs is 5. The third kappa shape index (κ3) is 14.0. The molecule has 0 unspecified atom stereocenters. The lowest BCUT2D eigenvalue weighted by Gasteiger charge is -2.66. The van der Waals surface area contributed by atoms with Crippen LogP contribution in [0.5, 0.6) is 0 Å². The molecule has 9 N–H and O–H groups in total. The summed E-state index contributed by atoms with van der Waals surface area (Å²) >= 11 is 0. The highest BCUT2D eigenvalue weighted by Gasteiger charge is 2.77. The molecule has 6 heterocycles. The number of hydrogen-bond acceptors (Lipinski definition) is 26. The van der Waals surface area contributed by atoms with Gasteiger partial charge in [0.05, 0.1) is 73.8 Å². The Morgan fingerprint density at radius 2 is 1.11 bits per heavy atom. The van der Waals surface area contributed by atoms with E-state index in [-0.39, 0.29) is 57.1 Å². The van der Waals surface area contributed by atoms with Crippen molar-refractivity contribution in [2.45, 2.75) is 310 Å². The fraction of sp³-hybridized carbons (Fsp3) is 0.824. The van der Waals surface area contributed by atoms with Crippen molar-refractivity contribution in [3.05, 3.63) is 53.6 Å². The first-order valence-corrected chi connectivity index (χ1v) is 33.8. The monoisotopic (exact) mass is 1330 g/mol. The summed E-state index contributed by atoms with van der Waals surface area (Å²) in [6.45, 7) is 13.4. The first kappa shape index (κ1) is 72.2. The van der Waals surface area contributed by atoms with Crippen LogP contribution in [0.1, 0.15) is 138 Å². The Morgan fingerprint density at radius 3 is 1.63 bits per heavy atom. The van der Waals surface area contributed by atoms with Gasteiger partial charge in [-0.05, 0) is 104 Å². The van der Waals surface area contributed by atoms with Crippen LogP contribution in [0.15, 0.2) is 48.1 Å². The summed E-state index contributed by atoms with van der Waals surface area (Å²) in [6.07, 6.45) is -17.2. The number of methoxy groups -OCH3 is 2. The highest BCUT2D eigenvalue weighted by atomic mass is 16.8. The van der Waals surface area contributed by atoms with E-state index in [9.17, 15) is 55.5 Å². The molecule has 1 aromatic rings. The minimum Gasteiger partial charge on any atom is -0.458 e. The molecular formula is C68H102O26. The first-order chi connectivity index (χ1) is 44.6. The van der Waals surface area contributed by atoms with Crippen LogP contribution in [0.4, 0.5) is 0 Å². The summed E-state index contributed by atoms with van der Waals surface area (Å²) in [7, 11) is 3.05. The number of ether oxygens (including phenoxy) is 15. The predicted molar refractivity (Wildman–Crippen MR) is 327 cm³/mol. The number of aliphatic hydroxyl groups excluding tert-OH is 7. The molecule has 26 nitrogen and oxygen atoms in total. The molecule has 10 aliphatic rings. The van der Waals surface area contributed by atoms with E-state index in [4.69, 9.17) is 71.1 Å². The van der Waals surface area contributed by atoms with Gasteiger partial charge >= 0.3 is 5.97 Å². The number of Topliss-reactive ketones (excluding diaryl/α,β-unsaturated/α-hetero) is 1. The Balaban J connectivity index is 0.650. The van der Waals surface area contributed by atoms with E-state index in [1.54, 1.807) is 54.7 Å². The molecule has 0 bridgehead atoms. The van der Waals surface area contributed by atoms with E-state index in [0.29, 0.717) is 25.7 Å². The molecule has 94 heavy (non-hydrogen) atoms. The number of esters is 1. The number of carbonyl (C=O) groups excluding carboxylic acids is 2. The molecule has 3 saturated carbocycles. The van der Waals surface area contributed by atoms with Crippen LogP contribution in [-0.2, 0) is 80.6 Å². The number of carbonyl (C=O) groups is 2. The van der Waals surface area contributed by atoms with Crippen molar-refractivity contribution >= 4 is 17.8 Å². The molecule has 11 rings (SSSR count). The lowest BCUT2D eigenvalue weighted by molar-refractivity contribution is -0.360. The van der Waals surface area contributed by atoms with Crippen molar-refractivity contribution < 1.29 is 127 Å². The number of benzene rings is 1. The van der Waals surface area contributed by atoms with Crippen LogP contribution in [0.2, 0.25) is 0 Å². The fourth-order valence-corrected chi connectivity index (χ4v) is 17.6. The normalized spacial score (nSPS) is 49.9. The standard InChI is InChI=1S/C68H102O26/c1-32(70)41-20-23-68(79)66(41,8)49(89-50(74)17-16-38-14-12-11-13-15-38)30-48-65(7)21-19-40(24-39(65)18-22-67(48,68)78)87-64-58(77)57(76)63(47(31-69)88-64)94-55-29-46(81-10)62(37(6)86-55)93-53-27-44(73)59(34(3)84-53)90-52-26-43(72)60(35(4)83-52)91-54-28-45(80-9)61(36(5)85-54)92-51-25-42(71)56(75)33(2)82-51/h11-18,33-37,40-49,51-64,69,71-73,75-79H,19-31H2,1-10H3/b17-16+/t33-,34-,35-,36-,37-,40+,41+,42+,43-,44+,45+,46+,47-,48-,49-,51+,52+,53+,54+,55+,56-,57-,58-,59-,60-,61-,62-,63-,64-,65+,66+,67+,68-/m1/s1. The fourth-order valence-electron chi connectivity index (χ4n) is 17.6. The van der Waals surface area contributed by atoms with Gasteiger partial charge in [0.2, 0.25) is 0 Å². The summed E-state index contributed by atoms with van der Waals surface area (Å²) in [5, 5.41) is 104. The minimum atomic E-state index is -1.78. The maximum Gasteiger partial charge on any atom is 0.331 e.